The lowest BCUT2D eigenvalue weighted by atomic mass is 10.1. The third-order valence-corrected chi connectivity index (χ3v) is 4.08. The quantitative estimate of drug-likeness (QED) is 0.808. The van der Waals surface area contributed by atoms with Gasteiger partial charge in [0.1, 0.15) is 5.82 Å². The zero-order chi connectivity index (χ0) is 15.1. The number of halogens is 1. The Morgan fingerprint density at radius 1 is 1.33 bits per heavy atom. The Labute approximate surface area is 123 Å². The standard InChI is InChI=1S/C16H18FN3O/c1-10-6-15(13-7-12(17)4-5-14(13)18-10)20-8-11(2)19(3)16(21)9-20/h4-7,11H,8-9H2,1-3H3/t11-/m0/s1. The van der Waals surface area contributed by atoms with E-state index in [1.807, 2.05) is 31.9 Å². The highest BCUT2D eigenvalue weighted by Gasteiger charge is 2.28. The van der Waals surface area contributed by atoms with Crippen LogP contribution in [-0.2, 0) is 4.79 Å². The summed E-state index contributed by atoms with van der Waals surface area (Å²) in [6.45, 7) is 4.97. The van der Waals surface area contributed by atoms with Crippen molar-refractivity contribution in [2.75, 3.05) is 25.0 Å². The molecule has 1 amide bonds. The fraction of sp³-hybridized carbons (Fsp3) is 0.375. The van der Waals surface area contributed by atoms with Gasteiger partial charge in [-0.05, 0) is 38.1 Å². The van der Waals surface area contributed by atoms with Gasteiger partial charge in [-0.2, -0.15) is 0 Å². The van der Waals surface area contributed by atoms with Crippen molar-refractivity contribution in [2.24, 2.45) is 0 Å². The third kappa shape index (κ3) is 2.44. The number of likely N-dealkylation sites (N-methyl/N-ethyl adjacent to an activating group) is 1. The minimum absolute atomic E-state index is 0.0766. The second-order valence-corrected chi connectivity index (χ2v) is 5.68. The number of carbonyl (C=O) groups excluding carboxylic acids is 1. The number of carbonyl (C=O) groups is 1. The number of nitrogens with zero attached hydrogens (tertiary/aromatic N) is 3. The number of pyridine rings is 1. The van der Waals surface area contributed by atoms with Crippen molar-refractivity contribution < 1.29 is 9.18 Å². The van der Waals surface area contributed by atoms with E-state index < -0.39 is 0 Å². The van der Waals surface area contributed by atoms with E-state index in [1.165, 1.54) is 12.1 Å². The molecule has 0 aliphatic carbocycles. The van der Waals surface area contributed by atoms with Crippen LogP contribution in [0.4, 0.5) is 10.1 Å². The number of aryl methyl sites for hydroxylation is 1. The Morgan fingerprint density at radius 3 is 2.81 bits per heavy atom. The van der Waals surface area contributed by atoms with Gasteiger partial charge in [-0.1, -0.05) is 0 Å². The van der Waals surface area contributed by atoms with Gasteiger partial charge in [-0.3, -0.25) is 9.78 Å². The molecule has 1 atom stereocenters. The lowest BCUT2D eigenvalue weighted by molar-refractivity contribution is -0.131. The van der Waals surface area contributed by atoms with Crippen LogP contribution in [0.15, 0.2) is 24.3 Å². The molecule has 0 N–H and O–H groups in total. The summed E-state index contributed by atoms with van der Waals surface area (Å²) in [7, 11) is 1.82. The van der Waals surface area contributed by atoms with Crippen molar-refractivity contribution >= 4 is 22.5 Å². The number of aromatic nitrogens is 1. The van der Waals surface area contributed by atoms with E-state index in [0.717, 1.165) is 28.8 Å². The van der Waals surface area contributed by atoms with Gasteiger partial charge in [0.2, 0.25) is 5.91 Å². The summed E-state index contributed by atoms with van der Waals surface area (Å²) < 4.78 is 13.6. The van der Waals surface area contributed by atoms with E-state index in [9.17, 15) is 9.18 Å². The van der Waals surface area contributed by atoms with Crippen molar-refractivity contribution in [1.82, 2.24) is 9.88 Å². The molecule has 1 fully saturated rings. The van der Waals surface area contributed by atoms with Crippen LogP contribution >= 0.6 is 0 Å². The molecule has 1 aromatic carbocycles. The van der Waals surface area contributed by atoms with Crippen LogP contribution in [-0.4, -0.2) is 42.0 Å². The topological polar surface area (TPSA) is 36.4 Å². The second kappa shape index (κ2) is 4.98. The van der Waals surface area contributed by atoms with E-state index in [2.05, 4.69) is 4.98 Å². The van der Waals surface area contributed by atoms with E-state index in [-0.39, 0.29) is 17.8 Å². The molecule has 0 bridgehead atoms. The summed E-state index contributed by atoms with van der Waals surface area (Å²) >= 11 is 0. The number of piperazine rings is 1. The zero-order valence-electron chi connectivity index (χ0n) is 12.4. The molecule has 1 aliphatic rings. The molecule has 0 unspecified atom stereocenters. The fourth-order valence-electron chi connectivity index (χ4n) is 2.78. The van der Waals surface area contributed by atoms with Gasteiger partial charge in [0.25, 0.3) is 0 Å². The smallest absolute Gasteiger partial charge is 0.242 e. The van der Waals surface area contributed by atoms with Crippen LogP contribution in [0, 0.1) is 12.7 Å². The molecule has 2 aromatic rings. The minimum Gasteiger partial charge on any atom is -0.360 e. The molecule has 1 aromatic heterocycles. The minimum atomic E-state index is -0.289. The molecule has 1 aliphatic heterocycles. The van der Waals surface area contributed by atoms with Gasteiger partial charge in [0, 0.05) is 36.4 Å². The average Bonchev–Trinajstić information content (AvgIpc) is 2.44. The predicted octanol–water partition coefficient (Wildman–Crippen LogP) is 2.35. The van der Waals surface area contributed by atoms with Crippen LogP contribution in [0.1, 0.15) is 12.6 Å². The summed E-state index contributed by atoms with van der Waals surface area (Å²) in [6.07, 6.45) is 0. The lowest BCUT2D eigenvalue weighted by Crippen LogP contribution is -2.53. The highest BCUT2D eigenvalue weighted by molar-refractivity contribution is 5.94. The Hall–Kier alpha value is -2.17. The molecule has 110 valence electrons. The number of hydrogen-bond acceptors (Lipinski definition) is 3. The SMILES string of the molecule is Cc1cc(N2CC(=O)N(C)[C@@H](C)C2)c2cc(F)ccc2n1. The first kappa shape index (κ1) is 13.8. The first-order valence-corrected chi connectivity index (χ1v) is 7.03. The molecule has 0 spiro atoms. The first-order chi connectivity index (χ1) is 9.95. The lowest BCUT2D eigenvalue weighted by Gasteiger charge is -2.39. The van der Waals surface area contributed by atoms with E-state index in [0.29, 0.717) is 6.54 Å². The molecule has 1 saturated heterocycles. The van der Waals surface area contributed by atoms with E-state index in [1.54, 1.807) is 11.0 Å². The van der Waals surface area contributed by atoms with E-state index >= 15 is 0 Å². The van der Waals surface area contributed by atoms with Crippen molar-refractivity contribution in [3.05, 3.63) is 35.8 Å². The van der Waals surface area contributed by atoms with Crippen LogP contribution < -0.4 is 4.90 Å². The zero-order valence-corrected chi connectivity index (χ0v) is 12.4. The summed E-state index contributed by atoms with van der Waals surface area (Å²) in [5.74, 6) is -0.212. The number of anilines is 1. The Morgan fingerprint density at radius 2 is 2.10 bits per heavy atom. The molecule has 0 saturated carbocycles. The fourth-order valence-corrected chi connectivity index (χ4v) is 2.78. The van der Waals surface area contributed by atoms with E-state index in [4.69, 9.17) is 0 Å². The molecule has 3 rings (SSSR count). The van der Waals surface area contributed by atoms with Crippen LogP contribution in [0.2, 0.25) is 0 Å². The summed E-state index contributed by atoms with van der Waals surface area (Å²) in [5.41, 5.74) is 2.50. The van der Waals surface area contributed by atoms with Crippen LogP contribution in [0.5, 0.6) is 0 Å². The number of benzene rings is 1. The molecular formula is C16H18FN3O. The maximum Gasteiger partial charge on any atom is 0.242 e. The molecule has 0 radical (unpaired) electrons. The maximum atomic E-state index is 13.6. The van der Waals surface area contributed by atoms with Gasteiger partial charge in [-0.15, -0.1) is 0 Å². The molecular weight excluding hydrogens is 269 g/mol. The first-order valence-electron chi connectivity index (χ1n) is 7.03. The Kier molecular flexibility index (Phi) is 3.27. The molecule has 21 heavy (non-hydrogen) atoms. The molecule has 4 nitrogen and oxygen atoms in total. The number of fused-ring (bicyclic) bond motifs is 1. The largest absolute Gasteiger partial charge is 0.360 e. The summed E-state index contributed by atoms with van der Waals surface area (Å²) in [5, 5.41) is 0.755. The van der Waals surface area contributed by atoms with Gasteiger partial charge in [-0.25, -0.2) is 4.39 Å². The third-order valence-electron chi connectivity index (χ3n) is 4.08. The predicted molar refractivity (Wildman–Crippen MR) is 80.9 cm³/mol. The second-order valence-electron chi connectivity index (χ2n) is 5.68. The van der Waals surface area contributed by atoms with Crippen molar-refractivity contribution in [2.45, 2.75) is 19.9 Å². The van der Waals surface area contributed by atoms with Gasteiger partial charge in [0.15, 0.2) is 0 Å². The van der Waals surface area contributed by atoms with Crippen molar-refractivity contribution in [3.63, 3.8) is 0 Å². The molecule has 2 heterocycles. The Balaban J connectivity index is 2.11. The van der Waals surface area contributed by atoms with Crippen LogP contribution in [0.25, 0.3) is 10.9 Å². The average molecular weight is 287 g/mol. The van der Waals surface area contributed by atoms with Gasteiger partial charge in [0.05, 0.1) is 12.1 Å². The summed E-state index contributed by atoms with van der Waals surface area (Å²) in [4.78, 5) is 20.3. The monoisotopic (exact) mass is 287 g/mol. The van der Waals surface area contributed by atoms with Gasteiger partial charge < -0.3 is 9.80 Å². The van der Waals surface area contributed by atoms with Gasteiger partial charge >= 0.3 is 0 Å². The normalized spacial score (nSPS) is 19.4. The maximum absolute atomic E-state index is 13.6. The number of rotatable bonds is 1. The van der Waals surface area contributed by atoms with Crippen molar-refractivity contribution in [1.29, 1.82) is 0 Å². The Bertz CT molecular complexity index is 716. The van der Waals surface area contributed by atoms with Crippen molar-refractivity contribution in [3.8, 4) is 0 Å². The number of amides is 1. The number of hydrogen-bond donors (Lipinski definition) is 0. The summed E-state index contributed by atoms with van der Waals surface area (Å²) in [6, 6.07) is 6.64. The van der Waals surface area contributed by atoms with Crippen LogP contribution in [0.3, 0.4) is 0 Å². The highest BCUT2D eigenvalue weighted by atomic mass is 19.1. The highest BCUT2D eigenvalue weighted by Crippen LogP contribution is 2.29. The molecule has 5 heteroatoms.